The first-order chi connectivity index (χ1) is 10.2. The molecule has 2 heterocycles. The molecular weight excluding hydrogens is 284 g/mol. The van der Waals surface area contributed by atoms with E-state index in [0.29, 0.717) is 5.69 Å². The van der Waals surface area contributed by atoms with Crippen molar-refractivity contribution in [2.24, 2.45) is 0 Å². The van der Waals surface area contributed by atoms with E-state index < -0.39 is 6.04 Å². The molecule has 2 amide bonds. The summed E-state index contributed by atoms with van der Waals surface area (Å²) >= 11 is 1.62. The molecule has 2 aromatic rings. The van der Waals surface area contributed by atoms with Crippen LogP contribution in [0.2, 0.25) is 0 Å². The van der Waals surface area contributed by atoms with E-state index in [4.69, 9.17) is 0 Å². The zero-order valence-corrected chi connectivity index (χ0v) is 12.5. The molecule has 1 N–H and O–H groups in total. The fourth-order valence-corrected chi connectivity index (χ4v) is 3.28. The van der Waals surface area contributed by atoms with Crippen molar-refractivity contribution < 1.29 is 9.59 Å². The second-order valence-electron chi connectivity index (χ2n) is 5.10. The third-order valence-corrected chi connectivity index (χ3v) is 4.36. The van der Waals surface area contributed by atoms with E-state index in [9.17, 15) is 9.59 Å². The predicted molar refractivity (Wildman–Crippen MR) is 83.2 cm³/mol. The Morgan fingerprint density at radius 1 is 1.24 bits per heavy atom. The zero-order chi connectivity index (χ0) is 14.8. The largest absolute Gasteiger partial charge is 0.299 e. The topological polar surface area (TPSA) is 49.4 Å². The summed E-state index contributed by atoms with van der Waals surface area (Å²) in [5, 5.41) is 7.31. The van der Waals surface area contributed by atoms with Crippen LogP contribution in [0, 0.1) is 0 Å². The molecule has 108 valence electrons. The van der Waals surface area contributed by atoms with Gasteiger partial charge in [-0.25, -0.2) is 4.90 Å². The van der Waals surface area contributed by atoms with E-state index in [-0.39, 0.29) is 24.3 Å². The van der Waals surface area contributed by atoms with Crippen molar-refractivity contribution in [1.29, 1.82) is 0 Å². The van der Waals surface area contributed by atoms with Crippen LogP contribution in [-0.2, 0) is 9.59 Å². The number of hydrogen-bond acceptors (Lipinski definition) is 4. The second-order valence-corrected chi connectivity index (χ2v) is 5.88. The first kappa shape index (κ1) is 14.0. The molecule has 1 aromatic heterocycles. The maximum Gasteiger partial charge on any atom is 0.251 e. The average Bonchev–Trinajstić information content (AvgIpc) is 3.09. The van der Waals surface area contributed by atoms with Crippen LogP contribution in [0.3, 0.4) is 0 Å². The molecule has 1 saturated heterocycles. The molecule has 0 aliphatic carbocycles. The molecule has 0 spiro atoms. The zero-order valence-electron chi connectivity index (χ0n) is 11.7. The van der Waals surface area contributed by atoms with Crippen LogP contribution in [0.15, 0.2) is 47.2 Å². The molecule has 2 atom stereocenters. The number of carbonyl (C=O) groups excluding carboxylic acids is 2. The van der Waals surface area contributed by atoms with Crippen molar-refractivity contribution in [3.63, 3.8) is 0 Å². The van der Waals surface area contributed by atoms with Crippen LogP contribution in [0.4, 0.5) is 5.69 Å². The van der Waals surface area contributed by atoms with Gasteiger partial charge < -0.3 is 0 Å². The number of imide groups is 1. The van der Waals surface area contributed by atoms with Crippen molar-refractivity contribution >= 4 is 28.8 Å². The van der Waals surface area contributed by atoms with Crippen LogP contribution in [0.1, 0.15) is 24.9 Å². The molecule has 1 fully saturated rings. The minimum absolute atomic E-state index is 0.0497. The number of benzene rings is 1. The Hall–Kier alpha value is -1.98. The predicted octanol–water partition coefficient (Wildman–Crippen LogP) is 2.73. The number of hydrogen-bond donors (Lipinski definition) is 1. The Morgan fingerprint density at radius 3 is 2.67 bits per heavy atom. The van der Waals surface area contributed by atoms with Gasteiger partial charge in [-0.15, -0.1) is 0 Å². The summed E-state index contributed by atoms with van der Waals surface area (Å²) in [4.78, 5) is 25.9. The molecule has 21 heavy (non-hydrogen) atoms. The molecular formula is C16H16N2O2S. The number of para-hydroxylation sites is 1. The quantitative estimate of drug-likeness (QED) is 0.883. The molecule has 5 heteroatoms. The van der Waals surface area contributed by atoms with Crippen LogP contribution in [0.5, 0.6) is 0 Å². The summed E-state index contributed by atoms with van der Waals surface area (Å²) < 4.78 is 0. The molecule has 3 rings (SSSR count). The second kappa shape index (κ2) is 5.79. The number of rotatable bonds is 4. The summed E-state index contributed by atoms with van der Waals surface area (Å²) in [7, 11) is 0. The molecule has 1 aliphatic heterocycles. The van der Waals surface area contributed by atoms with Crippen LogP contribution >= 0.6 is 11.3 Å². The third-order valence-electron chi connectivity index (χ3n) is 3.66. The Bertz CT molecular complexity index is 640. The molecule has 1 aliphatic rings. The van der Waals surface area contributed by atoms with Gasteiger partial charge in [-0.2, -0.15) is 11.3 Å². The van der Waals surface area contributed by atoms with Gasteiger partial charge in [0, 0.05) is 6.04 Å². The Morgan fingerprint density at radius 2 is 2.00 bits per heavy atom. The first-order valence-electron chi connectivity index (χ1n) is 6.87. The minimum Gasteiger partial charge on any atom is -0.299 e. The van der Waals surface area contributed by atoms with Crippen LogP contribution in [0.25, 0.3) is 0 Å². The lowest BCUT2D eigenvalue weighted by atomic mass is 10.1. The van der Waals surface area contributed by atoms with Crippen LogP contribution in [-0.4, -0.2) is 17.9 Å². The summed E-state index contributed by atoms with van der Waals surface area (Å²) in [6.07, 6.45) is 0.211. The highest BCUT2D eigenvalue weighted by Crippen LogP contribution is 2.24. The minimum atomic E-state index is -0.451. The Balaban J connectivity index is 1.75. The van der Waals surface area contributed by atoms with E-state index in [1.807, 2.05) is 41.9 Å². The van der Waals surface area contributed by atoms with Gasteiger partial charge in [0.05, 0.1) is 18.2 Å². The van der Waals surface area contributed by atoms with Crippen molar-refractivity contribution in [2.75, 3.05) is 4.90 Å². The SMILES string of the molecule is CC(NC1CC(=O)N(c2ccccc2)C1=O)c1ccsc1. The molecule has 0 radical (unpaired) electrons. The summed E-state index contributed by atoms with van der Waals surface area (Å²) in [6, 6.07) is 10.7. The van der Waals surface area contributed by atoms with E-state index in [0.717, 1.165) is 5.56 Å². The average molecular weight is 300 g/mol. The number of amides is 2. The number of carbonyl (C=O) groups is 2. The number of nitrogens with one attached hydrogen (secondary N) is 1. The smallest absolute Gasteiger partial charge is 0.251 e. The molecule has 4 nitrogen and oxygen atoms in total. The molecule has 0 bridgehead atoms. The van der Waals surface area contributed by atoms with Gasteiger partial charge in [0.25, 0.3) is 5.91 Å². The van der Waals surface area contributed by atoms with Gasteiger partial charge >= 0.3 is 0 Å². The van der Waals surface area contributed by atoms with E-state index in [2.05, 4.69) is 5.32 Å². The number of nitrogens with zero attached hydrogens (tertiary/aromatic N) is 1. The van der Waals surface area contributed by atoms with E-state index >= 15 is 0 Å². The molecule has 2 unspecified atom stereocenters. The third kappa shape index (κ3) is 2.75. The fraction of sp³-hybridized carbons (Fsp3) is 0.250. The maximum absolute atomic E-state index is 12.5. The highest BCUT2D eigenvalue weighted by Gasteiger charge is 2.39. The maximum atomic E-state index is 12.5. The summed E-state index contributed by atoms with van der Waals surface area (Å²) in [6.45, 7) is 2.00. The van der Waals surface area contributed by atoms with Gasteiger partial charge in [-0.3, -0.25) is 14.9 Å². The monoisotopic (exact) mass is 300 g/mol. The van der Waals surface area contributed by atoms with E-state index in [1.54, 1.807) is 23.5 Å². The number of anilines is 1. The van der Waals surface area contributed by atoms with Crippen molar-refractivity contribution in [3.05, 3.63) is 52.7 Å². The van der Waals surface area contributed by atoms with Gasteiger partial charge in [0.1, 0.15) is 0 Å². The lowest BCUT2D eigenvalue weighted by Gasteiger charge is -2.18. The van der Waals surface area contributed by atoms with Crippen molar-refractivity contribution in [3.8, 4) is 0 Å². The molecule has 1 aromatic carbocycles. The Kier molecular flexibility index (Phi) is 3.86. The summed E-state index contributed by atoms with van der Waals surface area (Å²) in [5.74, 6) is -0.325. The van der Waals surface area contributed by atoms with E-state index in [1.165, 1.54) is 4.90 Å². The van der Waals surface area contributed by atoms with Gasteiger partial charge in [0.2, 0.25) is 5.91 Å². The van der Waals surface area contributed by atoms with Crippen molar-refractivity contribution in [1.82, 2.24) is 5.32 Å². The summed E-state index contributed by atoms with van der Waals surface area (Å²) in [5.41, 5.74) is 1.78. The van der Waals surface area contributed by atoms with Crippen molar-refractivity contribution in [2.45, 2.75) is 25.4 Å². The first-order valence-corrected chi connectivity index (χ1v) is 7.81. The Labute approximate surface area is 127 Å². The number of thiophene rings is 1. The molecule has 0 saturated carbocycles. The lowest BCUT2D eigenvalue weighted by molar-refractivity contribution is -0.121. The standard InChI is InChI=1S/C16H16N2O2S/c1-11(12-7-8-21-10-12)17-14-9-15(19)18(16(14)20)13-5-3-2-4-6-13/h2-8,10-11,14,17H,9H2,1H3. The van der Waals surface area contributed by atoms with Crippen LogP contribution < -0.4 is 10.2 Å². The highest BCUT2D eigenvalue weighted by molar-refractivity contribution is 7.07. The van der Waals surface area contributed by atoms with Gasteiger partial charge in [-0.1, -0.05) is 18.2 Å². The normalized spacial score (nSPS) is 20.0. The lowest BCUT2D eigenvalue weighted by Crippen LogP contribution is -2.39. The van der Waals surface area contributed by atoms with Gasteiger partial charge in [-0.05, 0) is 41.4 Å². The fourth-order valence-electron chi connectivity index (χ4n) is 2.53. The van der Waals surface area contributed by atoms with Gasteiger partial charge in [0.15, 0.2) is 0 Å². The highest BCUT2D eigenvalue weighted by atomic mass is 32.1.